The Bertz CT molecular complexity index is 1390. The zero-order chi connectivity index (χ0) is 30.1. The number of ether oxygens (including phenoxy) is 3. The minimum absolute atomic E-state index is 0. The molecule has 4 rings (SSSR count). The number of ketones is 1. The van der Waals surface area contributed by atoms with Gasteiger partial charge in [-0.05, 0) is 42.2 Å². The maximum atomic E-state index is 13.7. The quantitative estimate of drug-likeness (QED) is 0.330. The Hall–Kier alpha value is -3.64. The van der Waals surface area contributed by atoms with E-state index in [1.165, 1.54) is 0 Å². The molecule has 1 amide bonds. The number of carbonyl (C=O) groups excluding carboxylic acids is 2. The molecule has 12 heteroatoms. The fourth-order valence-electron chi connectivity index (χ4n) is 5.13. The van der Waals surface area contributed by atoms with Gasteiger partial charge in [0.25, 0.3) is 5.91 Å². The van der Waals surface area contributed by atoms with E-state index in [2.05, 4.69) is 5.32 Å². The first-order chi connectivity index (χ1) is 19.3. The summed E-state index contributed by atoms with van der Waals surface area (Å²) in [6.07, 6.45) is -0.362. The number of amides is 1. The highest BCUT2D eigenvalue weighted by Crippen LogP contribution is 2.43. The molecule has 0 bridgehead atoms. The topological polar surface area (TPSA) is 141 Å². The number of nitrogens with zero attached hydrogens (tertiary/aromatic N) is 2. The molecule has 2 aromatic rings. The number of anilines is 1. The summed E-state index contributed by atoms with van der Waals surface area (Å²) < 4.78 is 17.2. The number of hydrogen-bond acceptors (Lipinski definition) is 8. The summed E-state index contributed by atoms with van der Waals surface area (Å²) in [4.78, 5) is 40.6. The van der Waals surface area contributed by atoms with Gasteiger partial charge in [0.05, 0.1) is 37.6 Å². The van der Waals surface area contributed by atoms with Crippen molar-refractivity contribution in [3.05, 3.63) is 52.1 Å². The fourth-order valence-corrected chi connectivity index (χ4v) is 5.13. The van der Waals surface area contributed by atoms with Gasteiger partial charge in [0.15, 0.2) is 5.78 Å². The van der Waals surface area contributed by atoms with Crippen LogP contribution in [0.25, 0.3) is 0 Å². The van der Waals surface area contributed by atoms with Crippen LogP contribution in [0.3, 0.4) is 0 Å². The summed E-state index contributed by atoms with van der Waals surface area (Å²) in [5, 5.41) is 20.3. The van der Waals surface area contributed by atoms with E-state index >= 15 is 0 Å². The maximum absolute atomic E-state index is 13.7. The van der Waals surface area contributed by atoms with Crippen molar-refractivity contribution in [1.82, 2.24) is 10.2 Å². The van der Waals surface area contributed by atoms with E-state index < -0.39 is 12.6 Å². The maximum Gasteiger partial charge on any atom is 0.329 e. The standard InChI is InChI=1S/C30H38N4O7.BrH/c1-7-40-25-10-18-12-34(28(31)20(18)11-21(25)29(38)32-5)14-24(35)17-8-22(30(2,3)4)27-23(9-17)33(6)13-19(41-27)15-39-16-26(36)37;/h8-11,19,31H,7,12-16H2,1-6H3,(H,32,38)(H,36,37);1H. The number of carboxylic acid groups (broad SMARTS) is 1. The molecule has 0 radical (unpaired) electrons. The molecule has 2 heterocycles. The Labute approximate surface area is 256 Å². The highest BCUT2D eigenvalue weighted by molar-refractivity contribution is 8.93. The summed E-state index contributed by atoms with van der Waals surface area (Å²) in [5.74, 6) is -0.203. The number of nitrogens with one attached hydrogen (secondary N) is 2. The first-order valence-electron chi connectivity index (χ1n) is 13.6. The second kappa shape index (κ2) is 13.1. The molecule has 0 aromatic heterocycles. The van der Waals surface area contributed by atoms with Crippen LogP contribution >= 0.6 is 17.0 Å². The summed E-state index contributed by atoms with van der Waals surface area (Å²) in [6.45, 7) is 8.90. The molecule has 0 saturated carbocycles. The first-order valence-corrected chi connectivity index (χ1v) is 13.6. The van der Waals surface area contributed by atoms with Crippen molar-refractivity contribution in [2.75, 3.05) is 51.9 Å². The summed E-state index contributed by atoms with van der Waals surface area (Å²) in [6, 6.07) is 7.09. The third kappa shape index (κ3) is 6.87. The van der Waals surface area contributed by atoms with Crippen molar-refractivity contribution < 1.29 is 33.7 Å². The monoisotopic (exact) mass is 646 g/mol. The Kier molecular flexibility index (Phi) is 10.3. The van der Waals surface area contributed by atoms with Gasteiger partial charge in [0.2, 0.25) is 0 Å². The minimum atomic E-state index is -1.04. The predicted octanol–water partition coefficient (Wildman–Crippen LogP) is 3.64. The van der Waals surface area contributed by atoms with E-state index in [4.69, 9.17) is 24.7 Å². The van der Waals surface area contributed by atoms with Crippen molar-refractivity contribution in [3.63, 3.8) is 0 Å². The van der Waals surface area contributed by atoms with Gasteiger partial charge in [-0.1, -0.05) is 20.8 Å². The zero-order valence-electron chi connectivity index (χ0n) is 24.8. The van der Waals surface area contributed by atoms with Crippen LogP contribution in [0, 0.1) is 5.41 Å². The average molecular weight is 648 g/mol. The van der Waals surface area contributed by atoms with Gasteiger partial charge in [-0.3, -0.25) is 15.0 Å². The Morgan fingerprint density at radius 1 is 1.19 bits per heavy atom. The predicted molar refractivity (Wildman–Crippen MR) is 164 cm³/mol. The molecule has 42 heavy (non-hydrogen) atoms. The average Bonchev–Trinajstić information content (AvgIpc) is 3.20. The molecular weight excluding hydrogens is 608 g/mol. The van der Waals surface area contributed by atoms with Gasteiger partial charge in [-0.2, -0.15) is 0 Å². The largest absolute Gasteiger partial charge is 0.493 e. The molecule has 0 saturated heterocycles. The molecule has 2 aliphatic rings. The number of halogens is 1. The van der Waals surface area contributed by atoms with Crippen molar-refractivity contribution in [3.8, 4) is 11.5 Å². The van der Waals surface area contributed by atoms with E-state index in [9.17, 15) is 14.4 Å². The van der Waals surface area contributed by atoms with Crippen LogP contribution in [0.1, 0.15) is 65.1 Å². The highest BCUT2D eigenvalue weighted by Gasteiger charge is 2.33. The highest BCUT2D eigenvalue weighted by atomic mass is 79.9. The molecule has 3 N–H and O–H groups in total. The lowest BCUT2D eigenvalue weighted by Gasteiger charge is -2.37. The van der Waals surface area contributed by atoms with E-state index in [-0.39, 0.29) is 59.2 Å². The molecule has 0 fully saturated rings. The lowest BCUT2D eigenvalue weighted by Crippen LogP contribution is -2.42. The summed E-state index contributed by atoms with van der Waals surface area (Å²) >= 11 is 0. The van der Waals surface area contributed by atoms with Crippen molar-refractivity contribution in [2.45, 2.75) is 45.8 Å². The van der Waals surface area contributed by atoms with Gasteiger partial charge in [-0.15, -0.1) is 17.0 Å². The molecular formula is C30H39BrN4O7. The number of aliphatic carboxylic acids is 1. The number of carbonyl (C=O) groups is 3. The second-order valence-corrected chi connectivity index (χ2v) is 11.3. The SMILES string of the molecule is Br.CCOc1cc2c(cc1C(=O)NC)C(=N)N(CC(=O)c1cc3c(c(C(C)(C)C)c1)OC(COCC(=O)O)CN3C)C2. The van der Waals surface area contributed by atoms with E-state index in [1.807, 2.05) is 51.8 Å². The van der Waals surface area contributed by atoms with Gasteiger partial charge >= 0.3 is 5.97 Å². The Balaban J connectivity index is 0.00000484. The number of fused-ring (bicyclic) bond motifs is 2. The molecule has 2 aliphatic heterocycles. The van der Waals surface area contributed by atoms with Gasteiger partial charge < -0.3 is 34.4 Å². The first kappa shape index (κ1) is 32.9. The number of benzene rings is 2. The van der Waals surface area contributed by atoms with Crippen LogP contribution in [0.4, 0.5) is 5.69 Å². The number of amidine groups is 1. The van der Waals surface area contributed by atoms with Crippen LogP contribution < -0.4 is 19.7 Å². The Morgan fingerprint density at radius 3 is 2.52 bits per heavy atom. The van der Waals surface area contributed by atoms with Crippen LogP contribution in [0.5, 0.6) is 11.5 Å². The molecule has 0 spiro atoms. The third-order valence-corrected chi connectivity index (χ3v) is 7.15. The molecule has 0 aliphatic carbocycles. The normalized spacial score (nSPS) is 15.8. The van der Waals surface area contributed by atoms with Gasteiger partial charge in [0.1, 0.15) is 30.0 Å². The van der Waals surface area contributed by atoms with Crippen molar-refractivity contribution in [2.24, 2.45) is 0 Å². The molecule has 1 unspecified atom stereocenters. The summed E-state index contributed by atoms with van der Waals surface area (Å²) in [5.41, 5.74) is 3.55. The number of rotatable bonds is 10. The molecule has 11 nitrogen and oxygen atoms in total. The van der Waals surface area contributed by atoms with E-state index in [0.717, 1.165) is 16.8 Å². The van der Waals surface area contributed by atoms with Crippen molar-refractivity contribution in [1.29, 1.82) is 5.41 Å². The summed E-state index contributed by atoms with van der Waals surface area (Å²) in [7, 11) is 3.45. The number of Topliss-reactive ketones (excluding diaryl/α,β-unsaturated/α-hetero) is 1. The van der Waals surface area contributed by atoms with Gasteiger partial charge in [0, 0.05) is 37.3 Å². The van der Waals surface area contributed by atoms with Crippen LogP contribution in [0.15, 0.2) is 24.3 Å². The van der Waals surface area contributed by atoms with E-state index in [0.29, 0.717) is 47.9 Å². The minimum Gasteiger partial charge on any atom is -0.493 e. The number of carboxylic acids is 1. The number of hydrogen-bond donors (Lipinski definition) is 3. The third-order valence-electron chi connectivity index (χ3n) is 7.15. The molecule has 228 valence electrons. The lowest BCUT2D eigenvalue weighted by atomic mass is 9.84. The smallest absolute Gasteiger partial charge is 0.329 e. The van der Waals surface area contributed by atoms with Gasteiger partial charge in [-0.25, -0.2) is 4.79 Å². The van der Waals surface area contributed by atoms with Crippen LogP contribution in [-0.4, -0.2) is 86.6 Å². The van der Waals surface area contributed by atoms with Crippen molar-refractivity contribution >= 4 is 46.2 Å². The fraction of sp³-hybridized carbons (Fsp3) is 0.467. The van der Waals surface area contributed by atoms with E-state index in [1.54, 1.807) is 24.1 Å². The lowest BCUT2D eigenvalue weighted by molar-refractivity contribution is -0.143. The zero-order valence-corrected chi connectivity index (χ0v) is 26.5. The number of likely N-dealkylation sites (N-methyl/N-ethyl adjacent to an activating group) is 1. The van der Waals surface area contributed by atoms with Crippen LogP contribution in [-0.2, 0) is 21.5 Å². The van der Waals surface area contributed by atoms with Crippen LogP contribution in [0.2, 0.25) is 0 Å². The Morgan fingerprint density at radius 2 is 1.90 bits per heavy atom. The molecule has 2 aromatic carbocycles. The molecule has 1 atom stereocenters. The second-order valence-electron chi connectivity index (χ2n) is 11.3.